The third-order valence-corrected chi connectivity index (χ3v) is 1.47. The number of ether oxygens (including phenoxy) is 1. The summed E-state index contributed by atoms with van der Waals surface area (Å²) in [6.07, 6.45) is 1.05. The van der Waals surface area contributed by atoms with Crippen molar-refractivity contribution >= 4 is 11.8 Å². The van der Waals surface area contributed by atoms with E-state index in [1.165, 1.54) is 0 Å². The standard InChI is InChI=1S/C6H7N3O5/c1-14-6(11)4-2-8(3-10)7-5(4)9(12)13/h2,10H,3H2,1H3. The fourth-order valence-corrected chi connectivity index (χ4v) is 0.872. The van der Waals surface area contributed by atoms with Crippen LogP contribution >= 0.6 is 0 Å². The number of carbonyl (C=O) groups is 1. The summed E-state index contributed by atoms with van der Waals surface area (Å²) in [5, 5.41) is 22.4. The van der Waals surface area contributed by atoms with E-state index in [1.54, 1.807) is 0 Å². The second-order valence-corrected chi connectivity index (χ2v) is 2.30. The van der Waals surface area contributed by atoms with E-state index >= 15 is 0 Å². The molecule has 1 aromatic heterocycles. The van der Waals surface area contributed by atoms with Gasteiger partial charge in [-0.3, -0.25) is 0 Å². The first-order chi connectivity index (χ1) is 6.60. The molecule has 1 N–H and O–H groups in total. The van der Waals surface area contributed by atoms with E-state index < -0.39 is 23.4 Å². The number of rotatable bonds is 3. The molecular formula is C6H7N3O5. The number of hydrogen-bond donors (Lipinski definition) is 1. The Hall–Kier alpha value is -1.96. The lowest BCUT2D eigenvalue weighted by molar-refractivity contribution is -0.390. The topological polar surface area (TPSA) is 107 Å². The molecule has 0 atom stereocenters. The largest absolute Gasteiger partial charge is 0.465 e. The predicted molar refractivity (Wildman–Crippen MR) is 42.4 cm³/mol. The van der Waals surface area contributed by atoms with Gasteiger partial charge in [0, 0.05) is 0 Å². The smallest absolute Gasteiger partial charge is 0.404 e. The Balaban J connectivity index is 3.18. The maximum absolute atomic E-state index is 11.0. The number of aliphatic hydroxyl groups excluding tert-OH is 1. The molecule has 0 aromatic carbocycles. The number of aliphatic hydroxyl groups is 1. The SMILES string of the molecule is COC(=O)c1cn(CO)nc1[N+](=O)[O-]. The Bertz CT molecular complexity index is 372. The quantitative estimate of drug-likeness (QED) is 0.402. The molecule has 0 spiro atoms. The van der Waals surface area contributed by atoms with Crippen LogP contribution in [0, 0.1) is 10.1 Å². The van der Waals surface area contributed by atoms with Gasteiger partial charge in [0.1, 0.15) is 0 Å². The first kappa shape index (κ1) is 10.1. The zero-order valence-corrected chi connectivity index (χ0v) is 7.21. The van der Waals surface area contributed by atoms with Crippen molar-refractivity contribution in [2.75, 3.05) is 7.11 Å². The van der Waals surface area contributed by atoms with E-state index in [-0.39, 0.29) is 5.56 Å². The Morgan fingerprint density at radius 1 is 1.86 bits per heavy atom. The van der Waals surface area contributed by atoms with Crippen LogP contribution in [0.4, 0.5) is 5.82 Å². The van der Waals surface area contributed by atoms with Crippen LogP contribution in [0.25, 0.3) is 0 Å². The fourth-order valence-electron chi connectivity index (χ4n) is 0.872. The zero-order chi connectivity index (χ0) is 10.7. The van der Waals surface area contributed by atoms with Gasteiger partial charge in [-0.05, 0) is 4.92 Å². The van der Waals surface area contributed by atoms with Crippen LogP contribution < -0.4 is 0 Å². The number of aromatic nitrogens is 2. The molecule has 0 radical (unpaired) electrons. The summed E-state index contributed by atoms with van der Waals surface area (Å²) in [6, 6.07) is 0. The molecule has 0 unspecified atom stereocenters. The van der Waals surface area contributed by atoms with Crippen molar-refractivity contribution in [1.82, 2.24) is 9.78 Å². The van der Waals surface area contributed by atoms with E-state index in [9.17, 15) is 14.9 Å². The van der Waals surface area contributed by atoms with Crippen LogP contribution in [0.1, 0.15) is 10.4 Å². The molecule has 76 valence electrons. The highest BCUT2D eigenvalue weighted by Crippen LogP contribution is 2.16. The summed E-state index contributed by atoms with van der Waals surface area (Å²) in [5.41, 5.74) is -0.286. The highest BCUT2D eigenvalue weighted by molar-refractivity contribution is 5.92. The molecule has 0 bridgehead atoms. The van der Waals surface area contributed by atoms with E-state index in [0.717, 1.165) is 18.0 Å². The molecule has 0 amide bonds. The van der Waals surface area contributed by atoms with E-state index in [4.69, 9.17) is 5.11 Å². The van der Waals surface area contributed by atoms with Crippen LogP contribution in [-0.2, 0) is 11.5 Å². The Kier molecular flexibility index (Phi) is 2.77. The molecule has 14 heavy (non-hydrogen) atoms. The van der Waals surface area contributed by atoms with E-state index in [0.29, 0.717) is 0 Å². The number of nitrogens with zero attached hydrogens (tertiary/aromatic N) is 3. The van der Waals surface area contributed by atoms with Crippen LogP contribution in [-0.4, -0.2) is 32.9 Å². The third kappa shape index (κ3) is 1.69. The van der Waals surface area contributed by atoms with Gasteiger partial charge in [-0.2, -0.15) is 4.68 Å². The van der Waals surface area contributed by atoms with Gasteiger partial charge >= 0.3 is 11.8 Å². The van der Waals surface area contributed by atoms with Crippen LogP contribution in [0.5, 0.6) is 0 Å². The molecule has 0 fully saturated rings. The molecule has 1 rings (SSSR count). The first-order valence-electron chi connectivity index (χ1n) is 3.51. The molecule has 0 saturated heterocycles. The van der Waals surface area contributed by atoms with Crippen molar-refractivity contribution in [1.29, 1.82) is 0 Å². The lowest BCUT2D eigenvalue weighted by Crippen LogP contribution is -2.03. The molecule has 1 aromatic rings. The molecule has 8 heteroatoms. The minimum Gasteiger partial charge on any atom is -0.465 e. The number of nitro groups is 1. The lowest BCUT2D eigenvalue weighted by Gasteiger charge is -1.93. The zero-order valence-electron chi connectivity index (χ0n) is 7.21. The van der Waals surface area contributed by atoms with Crippen LogP contribution in [0.2, 0.25) is 0 Å². The lowest BCUT2D eigenvalue weighted by atomic mass is 10.3. The number of hydrogen-bond acceptors (Lipinski definition) is 6. The van der Waals surface area contributed by atoms with Gasteiger partial charge in [-0.1, -0.05) is 0 Å². The fraction of sp³-hybridized carbons (Fsp3) is 0.333. The van der Waals surface area contributed by atoms with Crippen LogP contribution in [0.3, 0.4) is 0 Å². The molecule has 0 aliphatic carbocycles. The summed E-state index contributed by atoms with van der Waals surface area (Å²) in [6.45, 7) is -0.544. The van der Waals surface area contributed by atoms with Gasteiger partial charge < -0.3 is 20.0 Å². The van der Waals surface area contributed by atoms with Crippen molar-refractivity contribution in [2.45, 2.75) is 6.73 Å². The minimum atomic E-state index is -0.864. The monoisotopic (exact) mass is 201 g/mol. The average Bonchev–Trinajstić information content (AvgIpc) is 2.60. The van der Waals surface area contributed by atoms with Gasteiger partial charge in [-0.15, -0.1) is 0 Å². The predicted octanol–water partition coefficient (Wildman–Crippen LogP) is -0.472. The molecule has 0 aliphatic rings. The van der Waals surface area contributed by atoms with Gasteiger partial charge in [0.25, 0.3) is 0 Å². The first-order valence-corrected chi connectivity index (χ1v) is 3.51. The Morgan fingerprint density at radius 3 is 2.93 bits per heavy atom. The summed E-state index contributed by atoms with van der Waals surface area (Å²) >= 11 is 0. The van der Waals surface area contributed by atoms with E-state index in [1.807, 2.05) is 0 Å². The van der Waals surface area contributed by atoms with Gasteiger partial charge in [0.2, 0.25) is 0 Å². The summed E-state index contributed by atoms with van der Waals surface area (Å²) < 4.78 is 5.17. The highest BCUT2D eigenvalue weighted by atomic mass is 16.6. The Morgan fingerprint density at radius 2 is 2.50 bits per heavy atom. The number of carbonyl (C=O) groups excluding carboxylic acids is 1. The van der Waals surface area contributed by atoms with Crippen molar-refractivity contribution in [2.24, 2.45) is 0 Å². The molecule has 8 nitrogen and oxygen atoms in total. The molecule has 0 aliphatic heterocycles. The second-order valence-electron chi connectivity index (χ2n) is 2.30. The maximum atomic E-state index is 11.0. The van der Waals surface area contributed by atoms with Gasteiger partial charge in [0.15, 0.2) is 12.3 Å². The Labute approximate surface area is 77.9 Å². The molecule has 0 saturated carbocycles. The van der Waals surface area contributed by atoms with E-state index in [2.05, 4.69) is 9.84 Å². The highest BCUT2D eigenvalue weighted by Gasteiger charge is 2.26. The molecular weight excluding hydrogens is 194 g/mol. The van der Waals surface area contributed by atoms with Gasteiger partial charge in [-0.25, -0.2) is 4.79 Å². The van der Waals surface area contributed by atoms with Crippen molar-refractivity contribution in [3.05, 3.63) is 21.9 Å². The third-order valence-electron chi connectivity index (χ3n) is 1.47. The number of methoxy groups -OCH3 is 1. The van der Waals surface area contributed by atoms with Crippen molar-refractivity contribution in [3.63, 3.8) is 0 Å². The number of esters is 1. The summed E-state index contributed by atoms with van der Waals surface area (Å²) in [4.78, 5) is 20.6. The average molecular weight is 201 g/mol. The van der Waals surface area contributed by atoms with Crippen molar-refractivity contribution in [3.8, 4) is 0 Å². The summed E-state index contributed by atoms with van der Waals surface area (Å²) in [7, 11) is 1.10. The minimum absolute atomic E-state index is 0.286. The second kappa shape index (κ2) is 3.83. The normalized spacial score (nSPS) is 9.86. The van der Waals surface area contributed by atoms with Crippen LogP contribution in [0.15, 0.2) is 6.20 Å². The molecule has 1 heterocycles. The maximum Gasteiger partial charge on any atom is 0.404 e. The van der Waals surface area contributed by atoms with Crippen molar-refractivity contribution < 1.29 is 19.6 Å². The van der Waals surface area contributed by atoms with Gasteiger partial charge in [0.05, 0.1) is 18.4 Å². The summed E-state index contributed by atoms with van der Waals surface area (Å²) in [5.74, 6) is -1.50.